The molecule has 2 amide bonds. The summed E-state index contributed by atoms with van der Waals surface area (Å²) in [7, 11) is -0.763. The van der Waals surface area contributed by atoms with E-state index in [9.17, 15) is 9.00 Å². The molecule has 1 N–H and O–H groups in total. The highest BCUT2D eigenvalue weighted by atomic mass is 32.2. The van der Waals surface area contributed by atoms with Crippen LogP contribution in [0.4, 0.5) is 4.79 Å². The number of hydrogen-bond donors (Lipinski definition) is 1. The topological polar surface area (TPSA) is 71.5 Å². The van der Waals surface area contributed by atoms with Crippen molar-refractivity contribution in [2.45, 2.75) is 38.3 Å². The van der Waals surface area contributed by atoms with Gasteiger partial charge in [-0.3, -0.25) is 9.19 Å². The van der Waals surface area contributed by atoms with Crippen LogP contribution in [0.3, 0.4) is 0 Å². The molecule has 1 aromatic rings. The highest BCUT2D eigenvalue weighted by Gasteiger charge is 2.28. The summed E-state index contributed by atoms with van der Waals surface area (Å²) in [6.07, 6.45) is 6.13. The maximum absolute atomic E-state index is 12.2. The summed E-state index contributed by atoms with van der Waals surface area (Å²) in [4.78, 5) is 18.1. The maximum Gasteiger partial charge on any atom is 0.317 e. The Bertz CT molecular complexity index is 588. The molecule has 0 spiro atoms. The first-order valence-electron chi connectivity index (χ1n) is 8.09. The largest absolute Gasteiger partial charge is 0.490 e. The van der Waals surface area contributed by atoms with Gasteiger partial charge in [0.15, 0.2) is 0 Å². The van der Waals surface area contributed by atoms with E-state index in [4.69, 9.17) is 4.74 Å². The van der Waals surface area contributed by atoms with Crippen molar-refractivity contribution in [2.24, 2.45) is 0 Å². The van der Waals surface area contributed by atoms with E-state index in [1.165, 1.54) is 0 Å². The zero-order chi connectivity index (χ0) is 16.2. The van der Waals surface area contributed by atoms with Gasteiger partial charge in [0.2, 0.25) is 0 Å². The van der Waals surface area contributed by atoms with Crippen molar-refractivity contribution in [2.75, 3.05) is 24.6 Å². The fraction of sp³-hybridized carbons (Fsp3) is 0.625. The third kappa shape index (κ3) is 4.22. The lowest BCUT2D eigenvalue weighted by atomic mass is 10.1. The number of likely N-dealkylation sites (tertiary alicyclic amines) is 1. The van der Waals surface area contributed by atoms with Gasteiger partial charge in [-0.1, -0.05) is 0 Å². The summed E-state index contributed by atoms with van der Waals surface area (Å²) < 4.78 is 17.4. The van der Waals surface area contributed by atoms with E-state index in [2.05, 4.69) is 10.3 Å². The normalized spacial score (nSPS) is 25.3. The summed E-state index contributed by atoms with van der Waals surface area (Å²) in [6.45, 7) is 3.36. The van der Waals surface area contributed by atoms with Crippen LogP contribution in [0.1, 0.15) is 24.8 Å². The number of rotatable bonds is 3. The van der Waals surface area contributed by atoms with Gasteiger partial charge < -0.3 is 15.0 Å². The van der Waals surface area contributed by atoms with E-state index in [1.807, 2.05) is 17.9 Å². The Labute approximate surface area is 139 Å². The molecule has 2 fully saturated rings. The van der Waals surface area contributed by atoms with Crippen LogP contribution in [-0.4, -0.2) is 56.9 Å². The summed E-state index contributed by atoms with van der Waals surface area (Å²) in [6, 6.07) is 1.92. The average molecular weight is 337 g/mol. The van der Waals surface area contributed by atoms with E-state index in [0.29, 0.717) is 24.6 Å². The zero-order valence-corrected chi connectivity index (χ0v) is 14.2. The molecule has 2 atom stereocenters. The number of pyridine rings is 1. The van der Waals surface area contributed by atoms with Crippen molar-refractivity contribution in [3.8, 4) is 5.75 Å². The fourth-order valence-corrected chi connectivity index (χ4v) is 4.41. The van der Waals surface area contributed by atoms with Gasteiger partial charge in [-0.15, -0.1) is 0 Å². The second-order valence-corrected chi connectivity index (χ2v) is 7.81. The van der Waals surface area contributed by atoms with Crippen LogP contribution in [0.5, 0.6) is 5.75 Å². The molecular weight excluding hydrogens is 314 g/mol. The van der Waals surface area contributed by atoms with E-state index < -0.39 is 10.8 Å². The predicted octanol–water partition coefficient (Wildman–Crippen LogP) is 1.46. The molecule has 23 heavy (non-hydrogen) atoms. The van der Waals surface area contributed by atoms with Gasteiger partial charge in [-0.2, -0.15) is 0 Å². The smallest absolute Gasteiger partial charge is 0.317 e. The van der Waals surface area contributed by atoms with Crippen LogP contribution in [0.15, 0.2) is 18.5 Å². The molecule has 7 heteroatoms. The molecule has 2 aliphatic rings. The van der Waals surface area contributed by atoms with Crippen molar-refractivity contribution in [3.05, 3.63) is 24.0 Å². The molecule has 2 unspecified atom stereocenters. The number of hydrogen-bond acceptors (Lipinski definition) is 4. The van der Waals surface area contributed by atoms with Crippen molar-refractivity contribution >= 4 is 16.8 Å². The van der Waals surface area contributed by atoms with Gasteiger partial charge in [-0.05, 0) is 19.4 Å². The van der Waals surface area contributed by atoms with Crippen molar-refractivity contribution in [1.82, 2.24) is 15.2 Å². The third-order valence-electron chi connectivity index (χ3n) is 4.40. The molecule has 1 aromatic heterocycles. The SMILES string of the molecule is Cc1cnccc1OC1CCN(C(=O)NC2CCS(=O)C2)CC1. The Kier molecular flexibility index (Phi) is 5.15. The molecule has 0 bridgehead atoms. The first kappa shape index (κ1) is 16.2. The Balaban J connectivity index is 1.45. The van der Waals surface area contributed by atoms with E-state index in [1.54, 1.807) is 12.4 Å². The number of amides is 2. The van der Waals surface area contributed by atoms with Gasteiger partial charge in [0.25, 0.3) is 0 Å². The number of ether oxygens (including phenoxy) is 1. The third-order valence-corrected chi connectivity index (χ3v) is 5.87. The summed E-state index contributed by atoms with van der Waals surface area (Å²) >= 11 is 0. The number of carbonyl (C=O) groups is 1. The highest BCUT2D eigenvalue weighted by molar-refractivity contribution is 7.85. The Hall–Kier alpha value is -1.63. The number of aromatic nitrogens is 1. The number of carbonyl (C=O) groups excluding carboxylic acids is 1. The number of urea groups is 1. The number of nitrogens with one attached hydrogen (secondary N) is 1. The second-order valence-electron chi connectivity index (χ2n) is 6.19. The van der Waals surface area contributed by atoms with Gasteiger partial charge in [0, 0.05) is 72.2 Å². The van der Waals surface area contributed by atoms with Crippen LogP contribution in [-0.2, 0) is 10.8 Å². The zero-order valence-electron chi connectivity index (χ0n) is 13.4. The van der Waals surface area contributed by atoms with Crippen LogP contribution in [0.2, 0.25) is 0 Å². The van der Waals surface area contributed by atoms with Crippen molar-refractivity contribution in [1.29, 1.82) is 0 Å². The van der Waals surface area contributed by atoms with Crippen LogP contribution < -0.4 is 10.1 Å². The van der Waals surface area contributed by atoms with Gasteiger partial charge in [-0.25, -0.2) is 4.79 Å². The highest BCUT2D eigenvalue weighted by Crippen LogP contribution is 2.21. The van der Waals surface area contributed by atoms with E-state index in [-0.39, 0.29) is 18.2 Å². The van der Waals surface area contributed by atoms with Crippen LogP contribution >= 0.6 is 0 Å². The minimum Gasteiger partial charge on any atom is -0.490 e. The molecule has 2 saturated heterocycles. The molecular formula is C16H23N3O3S. The molecule has 3 rings (SSSR count). The van der Waals surface area contributed by atoms with E-state index >= 15 is 0 Å². The fourth-order valence-electron chi connectivity index (χ4n) is 2.99. The summed E-state index contributed by atoms with van der Waals surface area (Å²) in [5.41, 5.74) is 1.03. The van der Waals surface area contributed by atoms with Crippen molar-refractivity contribution in [3.63, 3.8) is 0 Å². The molecule has 126 valence electrons. The number of piperidine rings is 1. The average Bonchev–Trinajstić information content (AvgIpc) is 2.95. The van der Waals surface area contributed by atoms with E-state index in [0.717, 1.165) is 30.6 Å². The standard InChI is InChI=1S/C16H23N3O3S/c1-12-10-17-6-2-15(12)22-14-3-7-19(8-4-14)16(20)18-13-5-9-23(21)11-13/h2,6,10,13-14H,3-5,7-9,11H2,1H3,(H,18,20). The molecule has 3 heterocycles. The van der Waals surface area contributed by atoms with Crippen LogP contribution in [0, 0.1) is 6.92 Å². The monoisotopic (exact) mass is 337 g/mol. The lowest BCUT2D eigenvalue weighted by Gasteiger charge is -2.33. The predicted molar refractivity (Wildman–Crippen MR) is 89.0 cm³/mol. The first-order valence-corrected chi connectivity index (χ1v) is 9.58. The van der Waals surface area contributed by atoms with Gasteiger partial charge >= 0.3 is 6.03 Å². The lowest BCUT2D eigenvalue weighted by Crippen LogP contribution is -2.49. The number of aryl methyl sites for hydroxylation is 1. The minimum atomic E-state index is -0.763. The lowest BCUT2D eigenvalue weighted by molar-refractivity contribution is 0.109. The second kappa shape index (κ2) is 7.29. The van der Waals surface area contributed by atoms with Gasteiger partial charge in [0.05, 0.1) is 0 Å². The molecule has 2 aliphatic heterocycles. The molecule has 0 aromatic carbocycles. The Morgan fingerprint density at radius 2 is 2.17 bits per heavy atom. The molecule has 0 radical (unpaired) electrons. The van der Waals surface area contributed by atoms with Gasteiger partial charge in [0.1, 0.15) is 11.9 Å². The Morgan fingerprint density at radius 1 is 1.39 bits per heavy atom. The quantitative estimate of drug-likeness (QED) is 0.906. The molecule has 0 saturated carbocycles. The summed E-state index contributed by atoms with van der Waals surface area (Å²) in [5, 5.41) is 3.00. The van der Waals surface area contributed by atoms with Crippen LogP contribution in [0.25, 0.3) is 0 Å². The first-order chi connectivity index (χ1) is 11.1. The molecule has 6 nitrogen and oxygen atoms in total. The van der Waals surface area contributed by atoms with Crippen molar-refractivity contribution < 1.29 is 13.7 Å². The number of nitrogens with zero attached hydrogens (tertiary/aromatic N) is 2. The summed E-state index contributed by atoms with van der Waals surface area (Å²) in [5.74, 6) is 2.16. The maximum atomic E-state index is 12.2. The molecule has 0 aliphatic carbocycles. The Morgan fingerprint density at radius 3 is 2.83 bits per heavy atom. The minimum absolute atomic E-state index is 0.0348.